The van der Waals surface area contributed by atoms with Crippen LogP contribution in [0.3, 0.4) is 0 Å². The van der Waals surface area contributed by atoms with Gasteiger partial charge in [0.05, 0.1) is 23.4 Å². The van der Waals surface area contributed by atoms with E-state index in [-0.39, 0.29) is 16.0 Å². The Morgan fingerprint density at radius 3 is 2.73 bits per heavy atom. The van der Waals surface area contributed by atoms with E-state index in [1.165, 1.54) is 16.4 Å². The Hall–Kier alpha value is -1.95. The van der Waals surface area contributed by atoms with Crippen molar-refractivity contribution in [1.82, 2.24) is 14.5 Å². The molecule has 2 heterocycles. The Morgan fingerprint density at radius 1 is 1.31 bits per heavy atom. The molecule has 1 aromatic heterocycles. The van der Waals surface area contributed by atoms with E-state index in [4.69, 9.17) is 14.9 Å². The first-order chi connectivity index (χ1) is 12.4. The summed E-state index contributed by atoms with van der Waals surface area (Å²) in [6.07, 6.45) is 0. The molecule has 0 aliphatic carbocycles. The Kier molecular flexibility index (Phi) is 5.61. The van der Waals surface area contributed by atoms with Crippen LogP contribution in [0.5, 0.6) is 0 Å². The Morgan fingerprint density at radius 2 is 2.04 bits per heavy atom. The first-order valence-electron chi connectivity index (χ1n) is 7.86. The van der Waals surface area contributed by atoms with E-state index in [0.29, 0.717) is 31.9 Å². The summed E-state index contributed by atoms with van der Waals surface area (Å²) in [5.74, 6) is -0.323. The van der Waals surface area contributed by atoms with E-state index in [1.807, 2.05) is 0 Å². The highest BCUT2D eigenvalue weighted by Crippen LogP contribution is 2.28. The smallest absolute Gasteiger partial charge is 0.277 e. The van der Waals surface area contributed by atoms with Crippen LogP contribution >= 0.6 is 11.8 Å². The van der Waals surface area contributed by atoms with E-state index >= 15 is 0 Å². The molecule has 1 saturated heterocycles. The molecule has 26 heavy (non-hydrogen) atoms. The number of ether oxygens (including phenoxy) is 1. The van der Waals surface area contributed by atoms with E-state index in [1.54, 1.807) is 19.1 Å². The van der Waals surface area contributed by atoms with Gasteiger partial charge in [0.1, 0.15) is 0 Å². The van der Waals surface area contributed by atoms with Gasteiger partial charge in [0.25, 0.3) is 5.22 Å². The molecule has 0 spiro atoms. The first kappa shape index (κ1) is 18.8. The number of carbonyl (C=O) groups excluding carboxylic acids is 1. The predicted octanol–water partition coefficient (Wildman–Crippen LogP) is 0.723. The van der Waals surface area contributed by atoms with Gasteiger partial charge in [-0.3, -0.25) is 4.79 Å². The zero-order valence-corrected chi connectivity index (χ0v) is 15.6. The fraction of sp³-hybridized carbons (Fsp3) is 0.400. The Balaban J connectivity index is 1.83. The van der Waals surface area contributed by atoms with Crippen LogP contribution in [-0.2, 0) is 19.6 Å². The van der Waals surface area contributed by atoms with Gasteiger partial charge in [-0.2, -0.15) is 4.31 Å². The summed E-state index contributed by atoms with van der Waals surface area (Å²) in [6, 6.07) is 6.31. The van der Waals surface area contributed by atoms with Crippen molar-refractivity contribution < 1.29 is 22.4 Å². The van der Waals surface area contributed by atoms with E-state index < -0.39 is 21.2 Å². The number of thioether (sulfide) groups is 1. The van der Waals surface area contributed by atoms with Crippen molar-refractivity contribution in [3.8, 4) is 11.5 Å². The van der Waals surface area contributed by atoms with Crippen molar-refractivity contribution in [1.29, 1.82) is 0 Å². The van der Waals surface area contributed by atoms with Crippen molar-refractivity contribution in [2.45, 2.75) is 22.3 Å². The minimum atomic E-state index is -3.62. The van der Waals surface area contributed by atoms with Crippen LogP contribution in [0.2, 0.25) is 0 Å². The zero-order chi connectivity index (χ0) is 18.7. The monoisotopic (exact) mass is 398 g/mol. The molecule has 0 unspecified atom stereocenters. The second-order valence-electron chi connectivity index (χ2n) is 5.58. The van der Waals surface area contributed by atoms with Crippen LogP contribution in [0.15, 0.2) is 38.8 Å². The van der Waals surface area contributed by atoms with Gasteiger partial charge < -0.3 is 14.9 Å². The molecule has 1 fully saturated rings. The maximum absolute atomic E-state index is 12.7. The molecule has 1 amide bonds. The highest BCUT2D eigenvalue weighted by Gasteiger charge is 2.27. The zero-order valence-electron chi connectivity index (χ0n) is 14.0. The lowest BCUT2D eigenvalue weighted by Gasteiger charge is -2.26. The summed E-state index contributed by atoms with van der Waals surface area (Å²) in [4.78, 5) is 11.3. The van der Waals surface area contributed by atoms with E-state index in [0.717, 1.165) is 11.8 Å². The third kappa shape index (κ3) is 4.06. The molecule has 2 aromatic rings. The SMILES string of the molecule is C[C@H](Sc1nnc(-c2cccc(S(=O)(=O)N3CCOCC3)c2)o1)C(N)=O. The minimum Gasteiger partial charge on any atom is -0.411 e. The second kappa shape index (κ2) is 7.74. The fourth-order valence-corrected chi connectivity index (χ4v) is 4.40. The molecule has 3 rings (SSSR count). The van der Waals surface area contributed by atoms with Gasteiger partial charge in [-0.25, -0.2) is 8.42 Å². The standard InChI is InChI=1S/C15H18N4O5S2/c1-10(13(16)20)25-15-18-17-14(24-15)11-3-2-4-12(9-11)26(21,22)19-5-7-23-8-6-19/h2-4,9-10H,5-8H2,1H3,(H2,16,20)/t10-/m0/s1. The normalized spacial score (nSPS) is 17.1. The lowest BCUT2D eigenvalue weighted by atomic mass is 10.2. The number of aromatic nitrogens is 2. The van der Waals surface area contributed by atoms with Crippen molar-refractivity contribution in [3.05, 3.63) is 24.3 Å². The van der Waals surface area contributed by atoms with Crippen LogP contribution in [0.1, 0.15) is 6.92 Å². The van der Waals surface area contributed by atoms with Crippen LogP contribution < -0.4 is 5.73 Å². The number of benzene rings is 1. The third-order valence-electron chi connectivity index (χ3n) is 3.77. The molecule has 11 heteroatoms. The van der Waals surface area contributed by atoms with Crippen LogP contribution in [0.25, 0.3) is 11.5 Å². The lowest BCUT2D eigenvalue weighted by molar-refractivity contribution is -0.117. The summed E-state index contributed by atoms with van der Waals surface area (Å²) in [7, 11) is -3.62. The number of hydrogen-bond donors (Lipinski definition) is 1. The van der Waals surface area contributed by atoms with Gasteiger partial charge in [0, 0.05) is 18.7 Å². The van der Waals surface area contributed by atoms with Gasteiger partial charge in [-0.05, 0) is 25.1 Å². The van der Waals surface area contributed by atoms with Crippen molar-refractivity contribution >= 4 is 27.7 Å². The molecular formula is C15H18N4O5S2. The van der Waals surface area contributed by atoms with Crippen LogP contribution in [0, 0.1) is 0 Å². The molecule has 1 aromatic carbocycles. The molecule has 0 bridgehead atoms. The minimum absolute atomic E-state index is 0.148. The van der Waals surface area contributed by atoms with Crippen molar-refractivity contribution in [2.75, 3.05) is 26.3 Å². The predicted molar refractivity (Wildman–Crippen MR) is 93.8 cm³/mol. The highest BCUT2D eigenvalue weighted by atomic mass is 32.2. The summed E-state index contributed by atoms with van der Waals surface area (Å²) in [6.45, 7) is 3.02. The Bertz CT molecular complexity index is 893. The largest absolute Gasteiger partial charge is 0.411 e. The topological polar surface area (TPSA) is 129 Å². The number of morpholine rings is 1. The van der Waals surface area contributed by atoms with Crippen LogP contribution in [0.4, 0.5) is 0 Å². The number of primary amides is 1. The highest BCUT2D eigenvalue weighted by molar-refractivity contribution is 8.00. The summed E-state index contributed by atoms with van der Waals surface area (Å²) in [5.41, 5.74) is 5.69. The molecule has 1 aliphatic rings. The molecule has 1 aliphatic heterocycles. The lowest BCUT2D eigenvalue weighted by Crippen LogP contribution is -2.40. The molecule has 0 radical (unpaired) electrons. The second-order valence-corrected chi connectivity index (χ2v) is 8.81. The third-order valence-corrected chi connectivity index (χ3v) is 6.62. The maximum atomic E-state index is 12.7. The summed E-state index contributed by atoms with van der Waals surface area (Å²) in [5, 5.41) is 7.45. The van der Waals surface area contributed by atoms with Gasteiger partial charge in [0.2, 0.25) is 21.8 Å². The van der Waals surface area contributed by atoms with Crippen molar-refractivity contribution in [2.24, 2.45) is 5.73 Å². The number of amides is 1. The van der Waals surface area contributed by atoms with E-state index in [9.17, 15) is 13.2 Å². The molecule has 0 saturated carbocycles. The number of rotatable bonds is 6. The number of nitrogens with two attached hydrogens (primary N) is 1. The van der Waals surface area contributed by atoms with Gasteiger partial charge in [0.15, 0.2) is 0 Å². The molecule has 9 nitrogen and oxygen atoms in total. The number of sulfonamides is 1. The number of nitrogens with zero attached hydrogens (tertiary/aromatic N) is 3. The maximum Gasteiger partial charge on any atom is 0.277 e. The van der Waals surface area contributed by atoms with Gasteiger partial charge in [-0.1, -0.05) is 17.8 Å². The fourth-order valence-electron chi connectivity index (χ4n) is 2.31. The van der Waals surface area contributed by atoms with E-state index in [2.05, 4.69) is 10.2 Å². The quantitative estimate of drug-likeness (QED) is 0.705. The molecule has 1 atom stereocenters. The van der Waals surface area contributed by atoms with Crippen molar-refractivity contribution in [3.63, 3.8) is 0 Å². The molecule has 2 N–H and O–H groups in total. The average Bonchev–Trinajstić information content (AvgIpc) is 3.11. The summed E-state index contributed by atoms with van der Waals surface area (Å²) < 4.78 is 37.6. The molecular weight excluding hydrogens is 380 g/mol. The van der Waals surface area contributed by atoms with Gasteiger partial charge >= 0.3 is 0 Å². The first-order valence-corrected chi connectivity index (χ1v) is 10.2. The number of carbonyl (C=O) groups is 1. The van der Waals surface area contributed by atoms with Gasteiger partial charge in [-0.15, -0.1) is 10.2 Å². The summed E-state index contributed by atoms with van der Waals surface area (Å²) >= 11 is 1.04. The molecule has 140 valence electrons. The average molecular weight is 398 g/mol. The Labute approximate surface area is 154 Å². The number of hydrogen-bond acceptors (Lipinski definition) is 8. The van der Waals surface area contributed by atoms with Crippen LogP contribution in [-0.4, -0.2) is 60.4 Å².